The quantitative estimate of drug-likeness (QED) is 0.902. The van der Waals surface area contributed by atoms with Crippen molar-refractivity contribution in [1.82, 2.24) is 0 Å². The Bertz CT molecular complexity index is 797. The van der Waals surface area contributed by atoms with Crippen LogP contribution in [-0.4, -0.2) is 28.4 Å². The molecule has 0 aromatic heterocycles. The number of hydrogen-bond acceptors (Lipinski definition) is 3. The molecule has 1 aliphatic heterocycles. The molecule has 24 heavy (non-hydrogen) atoms. The summed E-state index contributed by atoms with van der Waals surface area (Å²) in [5.74, 6) is -0.449. The molecule has 2 unspecified atom stereocenters. The SMILES string of the molecule is COc1ccc2c(c1Cl)CC(CC(=O)O)N(c1ccccc1)S2=O. The van der Waals surface area contributed by atoms with Gasteiger partial charge in [0.05, 0.1) is 29.5 Å². The average molecular weight is 366 g/mol. The van der Waals surface area contributed by atoms with E-state index in [0.29, 0.717) is 27.7 Å². The van der Waals surface area contributed by atoms with E-state index in [2.05, 4.69) is 0 Å². The van der Waals surface area contributed by atoms with Gasteiger partial charge in [-0.3, -0.25) is 9.10 Å². The summed E-state index contributed by atoms with van der Waals surface area (Å²) in [4.78, 5) is 11.9. The molecular formula is C17H16ClNO4S. The highest BCUT2D eigenvalue weighted by atomic mass is 35.5. The first-order valence-corrected chi connectivity index (χ1v) is 8.84. The van der Waals surface area contributed by atoms with Gasteiger partial charge in [0.1, 0.15) is 5.75 Å². The molecule has 126 valence electrons. The number of para-hydroxylation sites is 1. The van der Waals surface area contributed by atoms with Crippen molar-refractivity contribution in [3.63, 3.8) is 0 Å². The number of hydrogen-bond donors (Lipinski definition) is 1. The summed E-state index contributed by atoms with van der Waals surface area (Å²) in [5.41, 5.74) is 1.41. The molecule has 0 saturated heterocycles. The number of anilines is 1. The molecule has 1 heterocycles. The predicted molar refractivity (Wildman–Crippen MR) is 93.1 cm³/mol. The molecule has 0 radical (unpaired) electrons. The third-order valence-electron chi connectivity index (χ3n) is 3.94. The smallest absolute Gasteiger partial charge is 0.305 e. The lowest BCUT2D eigenvalue weighted by Gasteiger charge is -2.36. The summed E-state index contributed by atoms with van der Waals surface area (Å²) in [7, 11) is -0.0286. The fraction of sp³-hybridized carbons (Fsp3) is 0.235. The summed E-state index contributed by atoms with van der Waals surface area (Å²) in [6, 6.07) is 12.1. The summed E-state index contributed by atoms with van der Waals surface area (Å²) < 4.78 is 20.0. The molecule has 0 fully saturated rings. The number of carbonyl (C=O) groups is 1. The van der Waals surface area contributed by atoms with Crippen LogP contribution in [0.3, 0.4) is 0 Å². The van der Waals surface area contributed by atoms with Gasteiger partial charge in [-0.15, -0.1) is 0 Å². The van der Waals surface area contributed by atoms with Gasteiger partial charge in [-0.1, -0.05) is 29.8 Å². The maximum absolute atomic E-state index is 13.1. The maximum Gasteiger partial charge on any atom is 0.305 e. The van der Waals surface area contributed by atoms with Crippen molar-refractivity contribution < 1.29 is 18.8 Å². The van der Waals surface area contributed by atoms with E-state index >= 15 is 0 Å². The van der Waals surface area contributed by atoms with Gasteiger partial charge in [-0.2, -0.15) is 0 Å². The summed E-state index contributed by atoms with van der Waals surface area (Å²) in [5, 5.41) is 9.65. The number of rotatable bonds is 4. The Morgan fingerprint density at radius 3 is 2.67 bits per heavy atom. The summed E-state index contributed by atoms with van der Waals surface area (Å²) >= 11 is 6.36. The lowest BCUT2D eigenvalue weighted by atomic mass is 10.0. The normalized spacial score (nSPS) is 19.7. The van der Waals surface area contributed by atoms with Crippen LogP contribution in [0.5, 0.6) is 5.75 Å². The molecule has 3 rings (SSSR count). The van der Waals surface area contributed by atoms with Crippen LogP contribution >= 0.6 is 11.6 Å². The van der Waals surface area contributed by atoms with E-state index < -0.39 is 23.0 Å². The largest absolute Gasteiger partial charge is 0.495 e. The Morgan fingerprint density at radius 2 is 2.04 bits per heavy atom. The Morgan fingerprint density at radius 1 is 1.33 bits per heavy atom. The van der Waals surface area contributed by atoms with Gasteiger partial charge in [-0.25, -0.2) is 4.21 Å². The minimum Gasteiger partial charge on any atom is -0.495 e. The molecule has 0 bridgehead atoms. The van der Waals surface area contributed by atoms with Crippen molar-refractivity contribution in [2.24, 2.45) is 0 Å². The first kappa shape index (κ1) is 16.8. The Hall–Kier alpha value is -2.05. The van der Waals surface area contributed by atoms with Crippen LogP contribution in [0.4, 0.5) is 5.69 Å². The maximum atomic E-state index is 13.1. The van der Waals surface area contributed by atoms with E-state index in [1.165, 1.54) is 7.11 Å². The van der Waals surface area contributed by atoms with Crippen LogP contribution in [0.1, 0.15) is 12.0 Å². The Labute approximate surface area is 147 Å². The van der Waals surface area contributed by atoms with Crippen molar-refractivity contribution in [3.05, 3.63) is 53.1 Å². The average Bonchev–Trinajstić information content (AvgIpc) is 2.56. The summed E-state index contributed by atoms with van der Waals surface area (Å²) in [6.45, 7) is 0. The van der Waals surface area contributed by atoms with Gasteiger partial charge in [-0.05, 0) is 36.2 Å². The highest BCUT2D eigenvalue weighted by Crippen LogP contribution is 2.39. The fourth-order valence-corrected chi connectivity index (χ4v) is 4.79. The Kier molecular flexibility index (Phi) is 4.78. The van der Waals surface area contributed by atoms with Gasteiger partial charge in [0.2, 0.25) is 0 Å². The van der Waals surface area contributed by atoms with Gasteiger partial charge in [0.25, 0.3) is 0 Å². The third kappa shape index (κ3) is 2.99. The number of aliphatic carboxylic acids is 1. The van der Waals surface area contributed by atoms with Gasteiger partial charge in [0, 0.05) is 5.69 Å². The van der Waals surface area contributed by atoms with Crippen molar-refractivity contribution in [2.45, 2.75) is 23.8 Å². The summed E-state index contributed by atoms with van der Waals surface area (Å²) in [6.07, 6.45) is 0.256. The van der Waals surface area contributed by atoms with E-state index in [1.807, 2.05) is 30.3 Å². The van der Waals surface area contributed by atoms with E-state index in [4.69, 9.17) is 16.3 Å². The lowest BCUT2D eigenvalue weighted by molar-refractivity contribution is -0.137. The first-order valence-electron chi connectivity index (χ1n) is 7.36. The number of carboxylic acids is 1. The fourth-order valence-electron chi connectivity index (χ4n) is 2.89. The van der Waals surface area contributed by atoms with Crippen LogP contribution in [0, 0.1) is 0 Å². The molecule has 2 aromatic carbocycles. The van der Waals surface area contributed by atoms with Crippen LogP contribution < -0.4 is 9.04 Å². The highest BCUT2D eigenvalue weighted by molar-refractivity contribution is 7.86. The van der Waals surface area contributed by atoms with E-state index in [9.17, 15) is 14.1 Å². The van der Waals surface area contributed by atoms with Crippen LogP contribution in [-0.2, 0) is 22.2 Å². The van der Waals surface area contributed by atoms with E-state index in [-0.39, 0.29) is 6.42 Å². The minimum absolute atomic E-state index is 0.131. The minimum atomic E-state index is -1.54. The van der Waals surface area contributed by atoms with Crippen molar-refractivity contribution in [3.8, 4) is 5.75 Å². The number of methoxy groups -OCH3 is 1. The second-order valence-corrected chi connectivity index (χ2v) is 7.13. The molecule has 7 heteroatoms. The van der Waals surface area contributed by atoms with Gasteiger partial charge in [0.15, 0.2) is 11.0 Å². The number of nitrogens with zero attached hydrogens (tertiary/aromatic N) is 1. The first-order chi connectivity index (χ1) is 11.5. The number of halogens is 1. The van der Waals surface area contributed by atoms with Gasteiger partial charge < -0.3 is 9.84 Å². The zero-order chi connectivity index (χ0) is 17.3. The molecule has 1 N–H and O–H groups in total. The van der Waals surface area contributed by atoms with Crippen molar-refractivity contribution in [2.75, 3.05) is 11.4 Å². The van der Waals surface area contributed by atoms with Crippen molar-refractivity contribution >= 4 is 34.2 Å². The molecule has 0 amide bonds. The van der Waals surface area contributed by atoms with Crippen LogP contribution in [0.25, 0.3) is 0 Å². The molecule has 0 spiro atoms. The number of benzene rings is 2. The topological polar surface area (TPSA) is 66.8 Å². The molecule has 1 aliphatic rings. The molecule has 2 atom stereocenters. The standard InChI is InChI=1S/C17H16ClNO4S/c1-23-14-7-8-15-13(17(14)18)9-12(10-16(20)21)19(24(15)22)11-5-3-2-4-6-11/h2-8,12H,9-10H2,1H3,(H,20,21). The number of ether oxygens (including phenoxy) is 1. The number of carboxylic acid groups (broad SMARTS) is 1. The third-order valence-corrected chi connectivity index (χ3v) is 5.98. The van der Waals surface area contributed by atoms with E-state index in [0.717, 1.165) is 5.69 Å². The Balaban J connectivity index is 2.11. The van der Waals surface area contributed by atoms with Crippen LogP contribution in [0.15, 0.2) is 47.4 Å². The molecule has 0 aliphatic carbocycles. The van der Waals surface area contributed by atoms with Crippen LogP contribution in [0.2, 0.25) is 5.02 Å². The lowest BCUT2D eigenvalue weighted by Crippen LogP contribution is -2.43. The number of fused-ring (bicyclic) bond motifs is 1. The zero-order valence-corrected chi connectivity index (χ0v) is 14.5. The van der Waals surface area contributed by atoms with Crippen molar-refractivity contribution in [1.29, 1.82) is 0 Å². The second-order valence-electron chi connectivity index (χ2n) is 5.42. The van der Waals surface area contributed by atoms with E-state index in [1.54, 1.807) is 16.4 Å². The zero-order valence-electron chi connectivity index (χ0n) is 12.9. The molecule has 0 saturated carbocycles. The monoisotopic (exact) mass is 365 g/mol. The molecule has 2 aromatic rings. The van der Waals surface area contributed by atoms with Gasteiger partial charge >= 0.3 is 5.97 Å². The predicted octanol–water partition coefficient (Wildman–Crippen LogP) is 3.28. The highest BCUT2D eigenvalue weighted by Gasteiger charge is 2.35. The molecule has 5 nitrogen and oxygen atoms in total. The molecular weight excluding hydrogens is 350 g/mol. The second kappa shape index (κ2) is 6.83.